The maximum absolute atomic E-state index is 3.61. The fourth-order valence-corrected chi connectivity index (χ4v) is 3.88. The average molecular weight is 259 g/mol. The van der Waals surface area contributed by atoms with E-state index in [0.29, 0.717) is 4.83 Å². The molecule has 1 atom stereocenters. The first-order valence-electron chi connectivity index (χ1n) is 5.00. The molecule has 1 heterocycles. The first kappa shape index (κ1) is 9.72. The largest absolute Gasteiger partial charge is 0.145 e. The van der Waals surface area contributed by atoms with Gasteiger partial charge >= 0.3 is 0 Å². The van der Waals surface area contributed by atoms with E-state index in [1.165, 1.54) is 32.1 Å². The zero-order valence-electron chi connectivity index (χ0n) is 7.98. The quantitative estimate of drug-likeness (QED) is 0.705. The van der Waals surface area contributed by atoms with E-state index in [9.17, 15) is 0 Å². The van der Waals surface area contributed by atoms with Crippen LogP contribution in [0.1, 0.15) is 35.1 Å². The van der Waals surface area contributed by atoms with Crippen LogP contribution in [-0.2, 0) is 19.3 Å². The van der Waals surface area contributed by atoms with Crippen LogP contribution in [0.3, 0.4) is 0 Å². The summed E-state index contributed by atoms with van der Waals surface area (Å²) in [6, 6.07) is 2.43. The Morgan fingerprint density at radius 1 is 1.46 bits per heavy atom. The van der Waals surface area contributed by atoms with E-state index >= 15 is 0 Å². The van der Waals surface area contributed by atoms with E-state index in [1.54, 1.807) is 15.3 Å². The van der Waals surface area contributed by atoms with Crippen molar-refractivity contribution in [3.63, 3.8) is 0 Å². The number of aryl methyl sites for hydroxylation is 2. The summed E-state index contributed by atoms with van der Waals surface area (Å²) in [5, 5.41) is 0. The smallest absolute Gasteiger partial charge is 0.0165 e. The van der Waals surface area contributed by atoms with E-state index < -0.39 is 0 Å². The fourth-order valence-electron chi connectivity index (χ4n) is 1.93. The summed E-state index contributed by atoms with van der Waals surface area (Å²) < 4.78 is 0. The fraction of sp³-hybridized carbons (Fsp3) is 0.636. The van der Waals surface area contributed by atoms with Crippen LogP contribution in [0, 0.1) is 0 Å². The van der Waals surface area contributed by atoms with Crippen LogP contribution in [-0.4, -0.2) is 4.83 Å². The Balaban J connectivity index is 2.15. The molecule has 1 aliphatic rings. The van der Waals surface area contributed by atoms with Gasteiger partial charge in [-0.15, -0.1) is 11.3 Å². The van der Waals surface area contributed by atoms with Crippen LogP contribution < -0.4 is 0 Å². The number of thiophene rings is 1. The third-order valence-electron chi connectivity index (χ3n) is 2.53. The third-order valence-corrected chi connectivity index (χ3v) is 4.11. The lowest BCUT2D eigenvalue weighted by atomic mass is 9.99. The van der Waals surface area contributed by atoms with Crippen molar-refractivity contribution in [3.8, 4) is 0 Å². The van der Waals surface area contributed by atoms with Crippen molar-refractivity contribution in [1.29, 1.82) is 0 Å². The Kier molecular flexibility index (Phi) is 3.10. The molecule has 1 aromatic heterocycles. The molecule has 0 amide bonds. The second kappa shape index (κ2) is 4.14. The highest BCUT2D eigenvalue weighted by Crippen LogP contribution is 2.30. The van der Waals surface area contributed by atoms with Crippen molar-refractivity contribution in [2.24, 2.45) is 0 Å². The van der Waals surface area contributed by atoms with Gasteiger partial charge < -0.3 is 0 Å². The normalized spacial score (nSPS) is 18.3. The maximum Gasteiger partial charge on any atom is 0.0165 e. The zero-order valence-corrected chi connectivity index (χ0v) is 10.4. The molecule has 0 saturated carbocycles. The Morgan fingerprint density at radius 2 is 2.23 bits per heavy atom. The van der Waals surface area contributed by atoms with Gasteiger partial charge in [-0.1, -0.05) is 22.9 Å². The van der Waals surface area contributed by atoms with Crippen molar-refractivity contribution >= 4 is 27.3 Å². The van der Waals surface area contributed by atoms with E-state index in [4.69, 9.17) is 0 Å². The van der Waals surface area contributed by atoms with E-state index in [-0.39, 0.29) is 0 Å². The number of hydrogen-bond acceptors (Lipinski definition) is 1. The Hall–Kier alpha value is 0.180. The molecule has 72 valence electrons. The van der Waals surface area contributed by atoms with Crippen LogP contribution in [0.15, 0.2) is 6.07 Å². The number of fused-ring (bicyclic) bond motifs is 1. The molecule has 1 aliphatic carbocycles. The zero-order chi connectivity index (χ0) is 9.26. The Labute approximate surface area is 92.5 Å². The highest BCUT2D eigenvalue weighted by atomic mass is 79.9. The molecule has 2 heteroatoms. The summed E-state index contributed by atoms with van der Waals surface area (Å²) >= 11 is 5.64. The van der Waals surface area contributed by atoms with Gasteiger partial charge in [0.1, 0.15) is 0 Å². The van der Waals surface area contributed by atoms with Gasteiger partial charge in [0.25, 0.3) is 0 Å². The van der Waals surface area contributed by atoms with Gasteiger partial charge in [0.15, 0.2) is 0 Å². The van der Waals surface area contributed by atoms with Crippen molar-refractivity contribution < 1.29 is 0 Å². The van der Waals surface area contributed by atoms with Crippen molar-refractivity contribution in [3.05, 3.63) is 21.4 Å². The SMILES string of the molecule is CC(Br)Cc1cc2c(s1)CCCC2. The van der Waals surface area contributed by atoms with E-state index in [2.05, 4.69) is 28.9 Å². The van der Waals surface area contributed by atoms with Crippen molar-refractivity contribution in [1.82, 2.24) is 0 Å². The van der Waals surface area contributed by atoms with Crippen LogP contribution >= 0.6 is 27.3 Å². The molecule has 1 aromatic rings. The molecule has 0 nitrogen and oxygen atoms in total. The molecule has 0 N–H and O–H groups in total. The van der Waals surface area contributed by atoms with E-state index in [0.717, 1.165) is 0 Å². The summed E-state index contributed by atoms with van der Waals surface area (Å²) in [5.74, 6) is 0. The molecule has 2 rings (SSSR count). The molecule has 0 bridgehead atoms. The van der Waals surface area contributed by atoms with Crippen LogP contribution in [0.5, 0.6) is 0 Å². The monoisotopic (exact) mass is 258 g/mol. The summed E-state index contributed by atoms with van der Waals surface area (Å²) in [7, 11) is 0. The standard InChI is InChI=1S/C11H15BrS/c1-8(12)6-10-7-9-4-2-3-5-11(9)13-10/h7-8H,2-6H2,1H3. The van der Waals surface area contributed by atoms with Gasteiger partial charge in [-0.3, -0.25) is 0 Å². The highest BCUT2D eigenvalue weighted by molar-refractivity contribution is 9.09. The summed E-state index contributed by atoms with van der Waals surface area (Å²) in [6.07, 6.45) is 6.64. The predicted octanol–water partition coefficient (Wildman–Crippen LogP) is 3.95. The second-order valence-corrected chi connectivity index (χ2v) is 6.64. The highest BCUT2D eigenvalue weighted by Gasteiger charge is 2.13. The van der Waals surface area contributed by atoms with E-state index in [1.807, 2.05) is 11.3 Å². The first-order valence-corrected chi connectivity index (χ1v) is 6.73. The molecule has 0 aliphatic heterocycles. The predicted molar refractivity (Wildman–Crippen MR) is 63.1 cm³/mol. The molecular formula is C11H15BrS. The summed E-state index contributed by atoms with van der Waals surface area (Å²) in [6.45, 7) is 2.22. The van der Waals surface area contributed by atoms with Crippen molar-refractivity contribution in [2.75, 3.05) is 0 Å². The Bertz CT molecular complexity index is 265. The van der Waals surface area contributed by atoms with Gasteiger partial charge in [0.05, 0.1) is 0 Å². The first-order chi connectivity index (χ1) is 6.25. The number of hydrogen-bond donors (Lipinski definition) is 0. The molecule has 0 fully saturated rings. The molecule has 1 unspecified atom stereocenters. The average Bonchev–Trinajstić information content (AvgIpc) is 2.44. The minimum Gasteiger partial charge on any atom is -0.145 e. The molecule has 0 aromatic carbocycles. The van der Waals surface area contributed by atoms with Gasteiger partial charge in [0, 0.05) is 14.6 Å². The third kappa shape index (κ3) is 2.35. The molecule has 0 spiro atoms. The lowest BCUT2D eigenvalue weighted by molar-refractivity contribution is 0.697. The summed E-state index contributed by atoms with van der Waals surface area (Å²) in [5.41, 5.74) is 1.64. The molecule has 0 saturated heterocycles. The topological polar surface area (TPSA) is 0 Å². The van der Waals surface area contributed by atoms with Gasteiger partial charge in [-0.05, 0) is 43.7 Å². The van der Waals surface area contributed by atoms with Crippen LogP contribution in [0.2, 0.25) is 0 Å². The lowest BCUT2D eigenvalue weighted by Crippen LogP contribution is -1.96. The maximum atomic E-state index is 3.61. The lowest BCUT2D eigenvalue weighted by Gasteiger charge is -2.08. The van der Waals surface area contributed by atoms with Gasteiger partial charge in [0.2, 0.25) is 0 Å². The Morgan fingerprint density at radius 3 is 2.92 bits per heavy atom. The molecule has 0 radical (unpaired) electrons. The van der Waals surface area contributed by atoms with Crippen LogP contribution in [0.25, 0.3) is 0 Å². The van der Waals surface area contributed by atoms with Crippen LogP contribution in [0.4, 0.5) is 0 Å². The number of alkyl halides is 1. The molecular weight excluding hydrogens is 244 g/mol. The minimum absolute atomic E-state index is 0.618. The van der Waals surface area contributed by atoms with Gasteiger partial charge in [-0.2, -0.15) is 0 Å². The van der Waals surface area contributed by atoms with Crippen molar-refractivity contribution in [2.45, 2.75) is 43.9 Å². The summed E-state index contributed by atoms with van der Waals surface area (Å²) in [4.78, 5) is 3.85. The number of rotatable bonds is 2. The second-order valence-electron chi connectivity index (χ2n) is 3.85. The number of halogens is 1. The minimum atomic E-state index is 0.618. The molecule has 13 heavy (non-hydrogen) atoms. The van der Waals surface area contributed by atoms with Gasteiger partial charge in [-0.25, -0.2) is 0 Å².